The van der Waals surface area contributed by atoms with E-state index in [1.54, 1.807) is 0 Å². The molecule has 17 nitrogen and oxygen atoms in total. The van der Waals surface area contributed by atoms with Crippen molar-refractivity contribution in [2.75, 3.05) is 39.6 Å². The molecule has 0 saturated heterocycles. The molecule has 0 aliphatic heterocycles. The van der Waals surface area contributed by atoms with Crippen LogP contribution in [0, 0.1) is 5.92 Å². The zero-order valence-corrected chi connectivity index (χ0v) is 58.1. The quantitative estimate of drug-likeness (QED) is 0.0169. The molecule has 0 aromatic heterocycles. The number of unbranched alkanes of at least 4 members (excludes halogenated alkanes) is 35. The van der Waals surface area contributed by atoms with Gasteiger partial charge in [0.15, 0.2) is 12.2 Å². The van der Waals surface area contributed by atoms with Gasteiger partial charge in [-0.3, -0.25) is 37.3 Å². The van der Waals surface area contributed by atoms with Crippen molar-refractivity contribution >= 4 is 39.5 Å². The van der Waals surface area contributed by atoms with Gasteiger partial charge in [-0.1, -0.05) is 277 Å². The SMILES string of the molecule is CCCCCC/C=C\C=C/CCCCCCCC(=O)OC[C@H](COP(=O)(O)OC[C@@H](O)COP(=O)(O)OC[C@@H](COC(=O)CCCCCCCCC)OC(=O)CCCCCCCCC(C)CC)OC(=O)CCCCCCCCCCCCCCCCCC. The number of phosphoric acid groups is 2. The summed E-state index contributed by atoms with van der Waals surface area (Å²) in [6, 6.07) is 0. The highest BCUT2D eigenvalue weighted by Crippen LogP contribution is 2.45. The maximum absolute atomic E-state index is 13.0. The van der Waals surface area contributed by atoms with Crippen LogP contribution in [0.3, 0.4) is 0 Å². The normalized spacial score (nSPS) is 14.6. The molecule has 0 heterocycles. The van der Waals surface area contributed by atoms with Gasteiger partial charge in [-0.05, 0) is 57.3 Å². The number of esters is 4. The minimum atomic E-state index is -4.96. The van der Waals surface area contributed by atoms with Crippen LogP contribution < -0.4 is 0 Å². The average molecular weight is 1290 g/mol. The monoisotopic (exact) mass is 1290 g/mol. The van der Waals surface area contributed by atoms with Crippen molar-refractivity contribution in [3.05, 3.63) is 24.3 Å². The average Bonchev–Trinajstić information content (AvgIpc) is 3.65. The van der Waals surface area contributed by atoms with Crippen molar-refractivity contribution in [3.63, 3.8) is 0 Å². The first-order valence-corrected chi connectivity index (χ1v) is 38.5. The zero-order chi connectivity index (χ0) is 64.9. The predicted molar refractivity (Wildman–Crippen MR) is 354 cm³/mol. The van der Waals surface area contributed by atoms with E-state index < -0.39 is 97.5 Å². The highest BCUT2D eigenvalue weighted by Gasteiger charge is 2.30. The maximum atomic E-state index is 13.0. The largest absolute Gasteiger partial charge is 0.472 e. The molecule has 0 bridgehead atoms. The van der Waals surface area contributed by atoms with E-state index in [2.05, 4.69) is 58.9 Å². The second-order valence-corrected chi connectivity index (χ2v) is 27.4. The Morgan fingerprint density at radius 2 is 0.636 bits per heavy atom. The zero-order valence-electron chi connectivity index (χ0n) is 56.3. The van der Waals surface area contributed by atoms with Gasteiger partial charge >= 0.3 is 39.5 Å². The van der Waals surface area contributed by atoms with Crippen LogP contribution in [-0.2, 0) is 65.4 Å². The second-order valence-electron chi connectivity index (χ2n) is 24.5. The molecule has 518 valence electrons. The van der Waals surface area contributed by atoms with Crippen LogP contribution in [-0.4, -0.2) is 96.7 Å². The minimum Gasteiger partial charge on any atom is -0.462 e. The molecule has 0 amide bonds. The van der Waals surface area contributed by atoms with Crippen LogP contribution in [0.4, 0.5) is 0 Å². The van der Waals surface area contributed by atoms with E-state index in [1.165, 1.54) is 122 Å². The first-order valence-electron chi connectivity index (χ1n) is 35.5. The summed E-state index contributed by atoms with van der Waals surface area (Å²) in [6.07, 6.45) is 50.9. The summed E-state index contributed by atoms with van der Waals surface area (Å²) < 4.78 is 68.1. The minimum absolute atomic E-state index is 0.100. The van der Waals surface area contributed by atoms with Gasteiger partial charge in [-0.2, -0.15) is 0 Å². The predicted octanol–water partition coefficient (Wildman–Crippen LogP) is 19.3. The Morgan fingerprint density at radius 1 is 0.364 bits per heavy atom. The van der Waals surface area contributed by atoms with Gasteiger partial charge in [0.25, 0.3) is 0 Å². The fourth-order valence-corrected chi connectivity index (χ4v) is 11.5. The van der Waals surface area contributed by atoms with E-state index in [-0.39, 0.29) is 25.7 Å². The van der Waals surface area contributed by atoms with E-state index in [4.69, 9.17) is 37.0 Å². The molecule has 0 aromatic carbocycles. The Morgan fingerprint density at radius 3 is 0.966 bits per heavy atom. The summed E-state index contributed by atoms with van der Waals surface area (Å²) in [5.41, 5.74) is 0. The number of carbonyl (C=O) groups is 4. The van der Waals surface area contributed by atoms with Crippen molar-refractivity contribution in [1.82, 2.24) is 0 Å². The molecule has 0 saturated carbocycles. The molecule has 19 heteroatoms. The molecule has 88 heavy (non-hydrogen) atoms. The summed E-state index contributed by atoms with van der Waals surface area (Å²) in [4.78, 5) is 72.3. The molecular formula is C69H130O17P2. The Bertz CT molecular complexity index is 1800. The summed E-state index contributed by atoms with van der Waals surface area (Å²) in [6.45, 7) is 7.08. The molecule has 0 aliphatic carbocycles. The molecule has 0 fully saturated rings. The number of carbonyl (C=O) groups excluding carboxylic acids is 4. The topological polar surface area (TPSA) is 237 Å². The second kappa shape index (κ2) is 62.0. The van der Waals surface area contributed by atoms with Gasteiger partial charge in [-0.15, -0.1) is 0 Å². The molecule has 3 unspecified atom stereocenters. The molecular weight excluding hydrogens is 1160 g/mol. The number of allylic oxidation sites excluding steroid dienone is 4. The Balaban J connectivity index is 5.24. The van der Waals surface area contributed by atoms with Crippen molar-refractivity contribution in [2.45, 2.75) is 348 Å². The highest BCUT2D eigenvalue weighted by molar-refractivity contribution is 7.47. The number of hydrogen-bond donors (Lipinski definition) is 3. The van der Waals surface area contributed by atoms with Crippen molar-refractivity contribution in [2.24, 2.45) is 5.92 Å². The van der Waals surface area contributed by atoms with Crippen LogP contribution in [0.1, 0.15) is 330 Å². The van der Waals surface area contributed by atoms with E-state index in [0.717, 1.165) is 128 Å². The summed E-state index contributed by atoms with van der Waals surface area (Å²) in [7, 11) is -9.90. The molecule has 0 aliphatic rings. The van der Waals surface area contributed by atoms with Crippen LogP contribution in [0.15, 0.2) is 24.3 Å². The Hall–Kier alpha value is -2.46. The van der Waals surface area contributed by atoms with Crippen molar-refractivity contribution in [3.8, 4) is 0 Å². The van der Waals surface area contributed by atoms with Crippen molar-refractivity contribution in [1.29, 1.82) is 0 Å². The summed E-state index contributed by atoms with van der Waals surface area (Å²) in [5, 5.41) is 10.6. The van der Waals surface area contributed by atoms with Gasteiger partial charge in [0.05, 0.1) is 26.4 Å². The fraction of sp³-hybridized carbons (Fsp3) is 0.884. The molecule has 6 atom stereocenters. The number of hydrogen-bond acceptors (Lipinski definition) is 15. The Kier molecular flexibility index (Phi) is 60.3. The number of aliphatic hydroxyl groups is 1. The van der Waals surface area contributed by atoms with E-state index >= 15 is 0 Å². The fourth-order valence-electron chi connectivity index (χ4n) is 9.89. The number of ether oxygens (including phenoxy) is 4. The lowest BCUT2D eigenvalue weighted by Gasteiger charge is -2.21. The first-order chi connectivity index (χ1) is 42.6. The number of phosphoric ester groups is 2. The Labute approximate surface area is 535 Å². The highest BCUT2D eigenvalue weighted by atomic mass is 31.2. The van der Waals surface area contributed by atoms with Crippen LogP contribution in [0.25, 0.3) is 0 Å². The maximum Gasteiger partial charge on any atom is 0.472 e. The van der Waals surface area contributed by atoms with Gasteiger partial charge in [0, 0.05) is 25.7 Å². The van der Waals surface area contributed by atoms with Crippen LogP contribution in [0.5, 0.6) is 0 Å². The lowest BCUT2D eigenvalue weighted by atomic mass is 10.00. The molecule has 0 spiro atoms. The van der Waals surface area contributed by atoms with E-state index in [1.807, 2.05) is 0 Å². The van der Waals surface area contributed by atoms with E-state index in [9.17, 15) is 43.2 Å². The third-order valence-electron chi connectivity index (χ3n) is 15.8. The van der Waals surface area contributed by atoms with Crippen molar-refractivity contribution < 1.29 is 80.2 Å². The number of aliphatic hydroxyl groups excluding tert-OH is 1. The standard InChI is InChI=1S/C69H130O17P2/c1-6-10-13-16-19-21-23-25-27-29-31-33-35-38-44-49-54-68(73)85-64(59-80-67(72)53-48-43-37-34-32-30-28-26-24-22-20-17-14-11-7-2)60-83-87(75,76)81-56-63(70)57-82-88(77,78)84-61-65(58-79-66(71)52-47-42-36-18-15-12-8-3)86-69(74)55-50-45-40-39-41-46-51-62(5)9-4/h22,24,26,28,62-65,70H,6-21,23,25,27,29-61H2,1-5H3,(H,75,76)(H,77,78)/b24-22-,28-26-/t62?,63-,64-,65-/m1/s1. The third-order valence-corrected chi connectivity index (χ3v) is 17.7. The van der Waals surface area contributed by atoms with Gasteiger partial charge < -0.3 is 33.8 Å². The molecule has 0 aromatic rings. The lowest BCUT2D eigenvalue weighted by Crippen LogP contribution is -2.30. The van der Waals surface area contributed by atoms with E-state index in [0.29, 0.717) is 25.7 Å². The van der Waals surface area contributed by atoms with Gasteiger partial charge in [0.2, 0.25) is 0 Å². The molecule has 0 rings (SSSR count). The molecule has 0 radical (unpaired) electrons. The molecule has 3 N–H and O–H groups in total. The summed E-state index contributed by atoms with van der Waals surface area (Å²) >= 11 is 0. The van der Waals surface area contributed by atoms with Gasteiger partial charge in [-0.25, -0.2) is 9.13 Å². The smallest absolute Gasteiger partial charge is 0.462 e. The van der Waals surface area contributed by atoms with Gasteiger partial charge in [0.1, 0.15) is 19.3 Å². The summed E-state index contributed by atoms with van der Waals surface area (Å²) in [5.74, 6) is -1.44. The third kappa shape index (κ3) is 61.1. The first kappa shape index (κ1) is 85.5. The number of rotatable bonds is 67. The van der Waals surface area contributed by atoms with Crippen LogP contribution >= 0.6 is 15.6 Å². The lowest BCUT2D eigenvalue weighted by molar-refractivity contribution is -0.161. The van der Waals surface area contributed by atoms with Crippen LogP contribution in [0.2, 0.25) is 0 Å².